The van der Waals surface area contributed by atoms with Crippen LogP contribution in [0.1, 0.15) is 18.2 Å². The van der Waals surface area contributed by atoms with Gasteiger partial charge in [0, 0.05) is 5.56 Å². The van der Waals surface area contributed by atoms with Gasteiger partial charge < -0.3 is 9.26 Å². The second kappa shape index (κ2) is 7.22. The number of hydrogen-bond donors (Lipinski definition) is 0. The number of hydrogen-bond acceptors (Lipinski definition) is 6. The van der Waals surface area contributed by atoms with Crippen molar-refractivity contribution >= 4 is 0 Å². The highest BCUT2D eigenvalue weighted by Gasteiger charge is 2.21. The van der Waals surface area contributed by atoms with E-state index in [9.17, 15) is 4.39 Å². The fraction of sp³-hybridized carbons (Fsp3) is 0.200. The molecular weight excluding hydrogens is 361 g/mol. The first kappa shape index (κ1) is 17.8. The van der Waals surface area contributed by atoms with Crippen LogP contribution >= 0.6 is 0 Å². The average molecular weight is 379 g/mol. The molecule has 142 valence electrons. The fourth-order valence-corrected chi connectivity index (χ4v) is 2.94. The molecule has 2 aromatic heterocycles. The molecule has 0 spiro atoms. The first-order chi connectivity index (χ1) is 13.6. The van der Waals surface area contributed by atoms with E-state index >= 15 is 0 Å². The van der Waals surface area contributed by atoms with E-state index < -0.39 is 0 Å². The Bertz CT molecular complexity index is 1140. The predicted molar refractivity (Wildman–Crippen MR) is 101 cm³/mol. The lowest BCUT2D eigenvalue weighted by Gasteiger charge is -2.07. The molecule has 0 aliphatic heterocycles. The molecule has 0 aliphatic rings. The summed E-state index contributed by atoms with van der Waals surface area (Å²) in [7, 11) is 0. The third kappa shape index (κ3) is 3.02. The molecule has 2 aromatic carbocycles. The summed E-state index contributed by atoms with van der Waals surface area (Å²) in [6.45, 7) is 5.95. The lowest BCUT2D eigenvalue weighted by molar-refractivity contribution is 0.341. The molecule has 7 nitrogen and oxygen atoms in total. The molecule has 0 saturated heterocycles. The molecule has 4 rings (SSSR count). The number of nitrogens with zero attached hydrogens (tertiary/aromatic N) is 5. The van der Waals surface area contributed by atoms with Gasteiger partial charge in [0.05, 0.1) is 23.6 Å². The van der Waals surface area contributed by atoms with Crippen molar-refractivity contribution in [1.29, 1.82) is 0 Å². The quantitative estimate of drug-likeness (QED) is 0.519. The maximum absolute atomic E-state index is 13.9. The van der Waals surface area contributed by atoms with Crippen molar-refractivity contribution < 1.29 is 13.7 Å². The van der Waals surface area contributed by atoms with Crippen LogP contribution < -0.4 is 4.74 Å². The van der Waals surface area contributed by atoms with Crippen molar-refractivity contribution in [3.8, 4) is 34.4 Å². The van der Waals surface area contributed by atoms with Crippen molar-refractivity contribution in [1.82, 2.24) is 25.1 Å². The summed E-state index contributed by atoms with van der Waals surface area (Å²) >= 11 is 0. The van der Waals surface area contributed by atoms with Crippen LogP contribution in [0.15, 0.2) is 47.0 Å². The molecule has 0 N–H and O–H groups in total. The molecule has 0 aliphatic carbocycles. The second-order valence-electron chi connectivity index (χ2n) is 6.17. The Morgan fingerprint density at radius 2 is 1.93 bits per heavy atom. The monoisotopic (exact) mass is 379 g/mol. The summed E-state index contributed by atoms with van der Waals surface area (Å²) < 4.78 is 26.5. The van der Waals surface area contributed by atoms with Gasteiger partial charge in [-0.1, -0.05) is 28.6 Å². The number of halogens is 1. The Balaban J connectivity index is 1.73. The summed E-state index contributed by atoms with van der Waals surface area (Å²) in [5.41, 5.74) is 2.93. The minimum atomic E-state index is -0.304. The first-order valence-corrected chi connectivity index (χ1v) is 8.84. The van der Waals surface area contributed by atoms with Gasteiger partial charge in [0.2, 0.25) is 5.82 Å². The maximum Gasteiger partial charge on any atom is 0.280 e. The molecule has 0 radical (unpaired) electrons. The molecule has 0 saturated carbocycles. The van der Waals surface area contributed by atoms with E-state index in [2.05, 4.69) is 20.5 Å². The Kier molecular flexibility index (Phi) is 4.60. The van der Waals surface area contributed by atoms with Crippen LogP contribution in [0, 0.1) is 19.7 Å². The Hall–Kier alpha value is -3.55. The predicted octanol–water partition coefficient (Wildman–Crippen LogP) is 4.14. The number of benzene rings is 2. The highest BCUT2D eigenvalue weighted by Crippen LogP contribution is 2.30. The van der Waals surface area contributed by atoms with E-state index in [1.165, 1.54) is 6.07 Å². The van der Waals surface area contributed by atoms with Gasteiger partial charge in [0.1, 0.15) is 11.6 Å². The zero-order valence-electron chi connectivity index (χ0n) is 15.7. The topological polar surface area (TPSA) is 78.9 Å². The number of para-hydroxylation sites is 1. The van der Waals surface area contributed by atoms with Crippen LogP contribution in [0.2, 0.25) is 0 Å². The molecule has 0 amide bonds. The van der Waals surface area contributed by atoms with Gasteiger partial charge in [0.15, 0.2) is 5.69 Å². The van der Waals surface area contributed by atoms with E-state index in [1.54, 1.807) is 23.7 Å². The SMILES string of the molecule is CCOc1ccccc1-c1noc(-c2nnn(-c3cccc(F)c3C)c2C)n1. The van der Waals surface area contributed by atoms with E-state index in [1.807, 2.05) is 38.1 Å². The van der Waals surface area contributed by atoms with E-state index in [4.69, 9.17) is 9.26 Å². The van der Waals surface area contributed by atoms with Crippen LogP contribution in [-0.4, -0.2) is 31.7 Å². The van der Waals surface area contributed by atoms with Crippen molar-refractivity contribution in [3.63, 3.8) is 0 Å². The highest BCUT2D eigenvalue weighted by atomic mass is 19.1. The third-order valence-electron chi connectivity index (χ3n) is 4.42. The van der Waals surface area contributed by atoms with E-state index in [0.29, 0.717) is 40.8 Å². The van der Waals surface area contributed by atoms with Gasteiger partial charge >= 0.3 is 0 Å². The number of rotatable bonds is 5. The van der Waals surface area contributed by atoms with Crippen LogP contribution in [-0.2, 0) is 0 Å². The summed E-state index contributed by atoms with van der Waals surface area (Å²) in [6, 6.07) is 12.3. The molecule has 4 aromatic rings. The molecular formula is C20H18FN5O2. The molecule has 0 fully saturated rings. The average Bonchev–Trinajstić information content (AvgIpc) is 3.32. The highest BCUT2D eigenvalue weighted by molar-refractivity contribution is 5.65. The largest absolute Gasteiger partial charge is 0.493 e. The van der Waals surface area contributed by atoms with Crippen molar-refractivity contribution in [2.24, 2.45) is 0 Å². The zero-order chi connectivity index (χ0) is 19.7. The van der Waals surface area contributed by atoms with Crippen LogP contribution in [0.5, 0.6) is 5.75 Å². The van der Waals surface area contributed by atoms with Crippen molar-refractivity contribution in [2.45, 2.75) is 20.8 Å². The van der Waals surface area contributed by atoms with Gasteiger partial charge in [-0.15, -0.1) is 5.10 Å². The van der Waals surface area contributed by atoms with Crippen molar-refractivity contribution in [3.05, 3.63) is 59.5 Å². The lowest BCUT2D eigenvalue weighted by atomic mass is 10.2. The second-order valence-corrected chi connectivity index (χ2v) is 6.17. The first-order valence-electron chi connectivity index (χ1n) is 8.84. The fourth-order valence-electron chi connectivity index (χ4n) is 2.94. The zero-order valence-corrected chi connectivity index (χ0v) is 15.7. The minimum absolute atomic E-state index is 0.235. The number of aromatic nitrogens is 5. The molecule has 8 heteroatoms. The van der Waals surface area contributed by atoms with E-state index in [-0.39, 0.29) is 11.7 Å². The van der Waals surface area contributed by atoms with Crippen molar-refractivity contribution in [2.75, 3.05) is 6.61 Å². The van der Waals surface area contributed by atoms with Gasteiger partial charge in [-0.05, 0) is 45.0 Å². The summed E-state index contributed by atoms with van der Waals surface area (Å²) in [6.07, 6.45) is 0. The molecule has 0 bridgehead atoms. The standard InChI is InChI=1S/C20H18FN5O2/c1-4-27-17-11-6-5-8-14(17)19-22-20(28-24-19)18-13(3)26(25-23-18)16-10-7-9-15(21)12(16)2/h5-11H,4H2,1-3H3. The minimum Gasteiger partial charge on any atom is -0.493 e. The van der Waals surface area contributed by atoms with Gasteiger partial charge in [-0.25, -0.2) is 9.07 Å². The van der Waals surface area contributed by atoms with Crippen LogP contribution in [0.3, 0.4) is 0 Å². The molecule has 28 heavy (non-hydrogen) atoms. The molecule has 0 unspecified atom stereocenters. The summed E-state index contributed by atoms with van der Waals surface area (Å²) in [4.78, 5) is 4.45. The lowest BCUT2D eigenvalue weighted by Crippen LogP contribution is -2.03. The van der Waals surface area contributed by atoms with Gasteiger partial charge in [-0.3, -0.25) is 0 Å². The Morgan fingerprint density at radius 1 is 1.11 bits per heavy atom. The Labute approximate surface area is 160 Å². The molecule has 2 heterocycles. The number of ether oxygens (including phenoxy) is 1. The summed E-state index contributed by atoms with van der Waals surface area (Å²) in [5.74, 6) is 1.00. The molecule has 0 atom stereocenters. The van der Waals surface area contributed by atoms with Gasteiger partial charge in [-0.2, -0.15) is 4.98 Å². The summed E-state index contributed by atoms with van der Waals surface area (Å²) in [5, 5.41) is 12.4. The Morgan fingerprint density at radius 3 is 2.75 bits per heavy atom. The van der Waals surface area contributed by atoms with Crippen LogP contribution in [0.25, 0.3) is 28.7 Å². The smallest absolute Gasteiger partial charge is 0.280 e. The normalized spacial score (nSPS) is 11.0. The third-order valence-corrected chi connectivity index (χ3v) is 4.42. The maximum atomic E-state index is 13.9. The van der Waals surface area contributed by atoms with E-state index in [0.717, 1.165) is 5.56 Å². The van der Waals surface area contributed by atoms with Crippen LogP contribution in [0.4, 0.5) is 4.39 Å². The van der Waals surface area contributed by atoms with Gasteiger partial charge in [0.25, 0.3) is 5.89 Å².